The Morgan fingerprint density at radius 2 is 2.17 bits per heavy atom. The highest BCUT2D eigenvalue weighted by atomic mass is 35.5. The van der Waals surface area contributed by atoms with Crippen LogP contribution in [0.4, 0.5) is 11.5 Å². The van der Waals surface area contributed by atoms with Crippen molar-refractivity contribution in [3.8, 4) is 11.5 Å². The highest BCUT2D eigenvalue weighted by Gasteiger charge is 2.17. The van der Waals surface area contributed by atoms with Crippen LogP contribution in [0.3, 0.4) is 0 Å². The van der Waals surface area contributed by atoms with Gasteiger partial charge in [-0.3, -0.25) is 14.9 Å². The zero-order valence-corrected chi connectivity index (χ0v) is 12.7. The average molecular weight is 338 g/mol. The van der Waals surface area contributed by atoms with Crippen molar-refractivity contribution < 1.29 is 19.2 Å². The zero-order chi connectivity index (χ0) is 16.8. The molecule has 1 heterocycles. The first-order valence-electron chi connectivity index (χ1n) is 6.36. The van der Waals surface area contributed by atoms with Crippen LogP contribution in [0.25, 0.3) is 0 Å². The third kappa shape index (κ3) is 4.55. The minimum atomic E-state index is -0.615. The SMILES string of the molecule is COc1ccc(OCC(=O)Nc2ccc(Cl)cn2)c([N+](=O)[O-])c1. The fraction of sp³-hybridized carbons (Fsp3) is 0.143. The fourth-order valence-corrected chi connectivity index (χ4v) is 1.77. The predicted octanol–water partition coefficient (Wildman–Crippen LogP) is 2.67. The number of hydrogen-bond acceptors (Lipinski definition) is 6. The monoisotopic (exact) mass is 337 g/mol. The van der Waals surface area contributed by atoms with Gasteiger partial charge in [-0.2, -0.15) is 0 Å². The van der Waals surface area contributed by atoms with Crippen molar-refractivity contribution in [3.05, 3.63) is 51.7 Å². The van der Waals surface area contributed by atoms with Crippen molar-refractivity contribution in [2.75, 3.05) is 19.0 Å². The predicted molar refractivity (Wildman–Crippen MR) is 83.0 cm³/mol. The van der Waals surface area contributed by atoms with E-state index in [9.17, 15) is 14.9 Å². The Labute approximate surface area is 136 Å². The topological polar surface area (TPSA) is 104 Å². The van der Waals surface area contributed by atoms with Gasteiger partial charge in [0.15, 0.2) is 12.4 Å². The van der Waals surface area contributed by atoms with Gasteiger partial charge < -0.3 is 14.8 Å². The summed E-state index contributed by atoms with van der Waals surface area (Å²) in [5.74, 6) is 0.0750. The molecule has 120 valence electrons. The summed E-state index contributed by atoms with van der Waals surface area (Å²) in [7, 11) is 1.39. The maximum absolute atomic E-state index is 11.8. The number of hydrogen-bond donors (Lipinski definition) is 1. The molecule has 23 heavy (non-hydrogen) atoms. The van der Waals surface area contributed by atoms with Crippen LogP contribution in [0.15, 0.2) is 36.5 Å². The van der Waals surface area contributed by atoms with Crippen LogP contribution in [0.1, 0.15) is 0 Å². The second kappa shape index (κ2) is 7.41. The van der Waals surface area contributed by atoms with Crippen molar-refractivity contribution >= 4 is 29.0 Å². The standard InChI is InChI=1S/C14H12ClN3O5/c1-22-10-3-4-12(11(6-10)18(20)21)23-8-14(19)17-13-5-2-9(15)7-16-13/h2-7H,8H2,1H3,(H,16,17,19). The number of anilines is 1. The molecule has 0 aliphatic carbocycles. The van der Waals surface area contributed by atoms with E-state index < -0.39 is 17.4 Å². The van der Waals surface area contributed by atoms with Gasteiger partial charge in [-0.05, 0) is 24.3 Å². The summed E-state index contributed by atoms with van der Waals surface area (Å²) in [5.41, 5.74) is -0.290. The van der Waals surface area contributed by atoms with Gasteiger partial charge in [0.25, 0.3) is 5.91 Å². The molecule has 8 nitrogen and oxygen atoms in total. The van der Waals surface area contributed by atoms with E-state index in [2.05, 4.69) is 10.3 Å². The molecular weight excluding hydrogens is 326 g/mol. The van der Waals surface area contributed by atoms with Crippen LogP contribution in [0, 0.1) is 10.1 Å². The van der Waals surface area contributed by atoms with E-state index in [-0.39, 0.29) is 11.4 Å². The molecule has 0 atom stereocenters. The first-order chi connectivity index (χ1) is 11.0. The molecule has 1 aromatic carbocycles. The molecule has 0 bridgehead atoms. The number of methoxy groups -OCH3 is 1. The summed E-state index contributed by atoms with van der Waals surface area (Å²) in [6.07, 6.45) is 1.38. The summed E-state index contributed by atoms with van der Waals surface area (Å²) in [6, 6.07) is 7.18. The van der Waals surface area contributed by atoms with E-state index in [0.29, 0.717) is 16.6 Å². The number of carbonyl (C=O) groups is 1. The van der Waals surface area contributed by atoms with Crippen molar-refractivity contribution in [3.63, 3.8) is 0 Å². The Balaban J connectivity index is 2.01. The second-order valence-corrected chi connectivity index (χ2v) is 4.73. The Morgan fingerprint density at radius 3 is 2.78 bits per heavy atom. The van der Waals surface area contributed by atoms with Crippen molar-refractivity contribution in [2.45, 2.75) is 0 Å². The number of benzene rings is 1. The maximum atomic E-state index is 11.8. The lowest BCUT2D eigenvalue weighted by Crippen LogP contribution is -2.21. The third-order valence-electron chi connectivity index (χ3n) is 2.72. The number of nitrogens with one attached hydrogen (secondary N) is 1. The second-order valence-electron chi connectivity index (χ2n) is 4.29. The summed E-state index contributed by atoms with van der Waals surface area (Å²) >= 11 is 5.69. The number of amides is 1. The number of aromatic nitrogens is 1. The summed E-state index contributed by atoms with van der Waals surface area (Å²) in [4.78, 5) is 26.1. The third-order valence-corrected chi connectivity index (χ3v) is 2.94. The summed E-state index contributed by atoms with van der Waals surface area (Å²) in [5, 5.41) is 13.9. The molecule has 1 amide bonds. The fourth-order valence-electron chi connectivity index (χ4n) is 1.66. The van der Waals surface area contributed by atoms with E-state index in [1.165, 1.54) is 37.6 Å². The molecule has 0 spiro atoms. The number of carbonyl (C=O) groups excluding carboxylic acids is 1. The molecule has 1 N–H and O–H groups in total. The van der Waals surface area contributed by atoms with Crippen molar-refractivity contribution in [2.24, 2.45) is 0 Å². The minimum absolute atomic E-state index is 0.0324. The average Bonchev–Trinajstić information content (AvgIpc) is 2.54. The number of nitro benzene ring substituents is 1. The van der Waals surface area contributed by atoms with E-state index in [0.717, 1.165) is 0 Å². The number of nitrogens with zero attached hydrogens (tertiary/aromatic N) is 2. The largest absolute Gasteiger partial charge is 0.496 e. The van der Waals surface area contributed by atoms with Gasteiger partial charge in [0.2, 0.25) is 0 Å². The lowest BCUT2D eigenvalue weighted by molar-refractivity contribution is -0.385. The molecule has 0 aliphatic heterocycles. The van der Waals surface area contributed by atoms with Crippen LogP contribution in [-0.2, 0) is 4.79 Å². The van der Waals surface area contributed by atoms with Gasteiger partial charge in [0, 0.05) is 6.20 Å². The van der Waals surface area contributed by atoms with Gasteiger partial charge in [-0.1, -0.05) is 11.6 Å². The number of nitro groups is 1. The van der Waals surface area contributed by atoms with Crippen molar-refractivity contribution in [1.82, 2.24) is 4.98 Å². The Bertz CT molecular complexity index is 721. The van der Waals surface area contributed by atoms with Gasteiger partial charge in [0.1, 0.15) is 11.6 Å². The molecule has 0 unspecified atom stereocenters. The quantitative estimate of drug-likeness (QED) is 0.642. The molecule has 0 saturated carbocycles. The normalized spacial score (nSPS) is 10.0. The minimum Gasteiger partial charge on any atom is -0.496 e. The van der Waals surface area contributed by atoms with Crippen LogP contribution < -0.4 is 14.8 Å². The first-order valence-corrected chi connectivity index (χ1v) is 6.74. The van der Waals surface area contributed by atoms with E-state index in [4.69, 9.17) is 21.1 Å². The molecule has 0 fully saturated rings. The number of halogens is 1. The molecule has 9 heteroatoms. The molecule has 2 rings (SSSR count). The smallest absolute Gasteiger partial charge is 0.314 e. The lowest BCUT2D eigenvalue weighted by Gasteiger charge is -2.08. The summed E-state index contributed by atoms with van der Waals surface area (Å²) in [6.45, 7) is -0.405. The Morgan fingerprint density at radius 1 is 1.39 bits per heavy atom. The number of ether oxygens (including phenoxy) is 2. The molecule has 0 aliphatic rings. The molecular formula is C14H12ClN3O5. The first kappa shape index (κ1) is 16.5. The molecule has 1 aromatic heterocycles. The van der Waals surface area contributed by atoms with E-state index in [1.807, 2.05) is 0 Å². The maximum Gasteiger partial charge on any atom is 0.314 e. The molecule has 0 radical (unpaired) electrons. The van der Waals surface area contributed by atoms with Crippen LogP contribution in [-0.4, -0.2) is 29.5 Å². The molecule has 2 aromatic rings. The van der Waals surface area contributed by atoms with Crippen LogP contribution >= 0.6 is 11.6 Å². The van der Waals surface area contributed by atoms with Crippen molar-refractivity contribution in [1.29, 1.82) is 0 Å². The number of pyridine rings is 1. The highest BCUT2D eigenvalue weighted by Crippen LogP contribution is 2.30. The van der Waals surface area contributed by atoms with E-state index >= 15 is 0 Å². The highest BCUT2D eigenvalue weighted by molar-refractivity contribution is 6.30. The molecule has 0 saturated heterocycles. The van der Waals surface area contributed by atoms with Crippen LogP contribution in [0.2, 0.25) is 5.02 Å². The zero-order valence-electron chi connectivity index (χ0n) is 12.0. The summed E-state index contributed by atoms with van der Waals surface area (Å²) < 4.78 is 10.1. The van der Waals surface area contributed by atoms with Crippen LogP contribution in [0.5, 0.6) is 11.5 Å². The van der Waals surface area contributed by atoms with Gasteiger partial charge in [-0.25, -0.2) is 4.98 Å². The Hall–Kier alpha value is -2.87. The number of rotatable bonds is 6. The van der Waals surface area contributed by atoms with Gasteiger partial charge in [-0.15, -0.1) is 0 Å². The Kier molecular flexibility index (Phi) is 5.32. The van der Waals surface area contributed by atoms with Gasteiger partial charge >= 0.3 is 5.69 Å². The van der Waals surface area contributed by atoms with Gasteiger partial charge in [0.05, 0.1) is 23.1 Å². The lowest BCUT2D eigenvalue weighted by atomic mass is 10.3. The van der Waals surface area contributed by atoms with E-state index in [1.54, 1.807) is 6.07 Å².